The smallest absolute Gasteiger partial charge is 0.165 e. The van der Waals surface area contributed by atoms with Crippen molar-refractivity contribution in [3.8, 4) is 33.5 Å². The third kappa shape index (κ3) is 3.59. The van der Waals surface area contributed by atoms with Crippen LogP contribution in [-0.2, 0) is 0 Å². The molecule has 0 aliphatic rings. The molecule has 9 rings (SSSR count). The molecule has 5 aromatic carbocycles. The van der Waals surface area contributed by atoms with Gasteiger partial charge in [-0.15, -0.1) is 11.3 Å². The van der Waals surface area contributed by atoms with Gasteiger partial charge in [-0.3, -0.25) is 4.40 Å². The van der Waals surface area contributed by atoms with Crippen molar-refractivity contribution in [2.75, 3.05) is 0 Å². The van der Waals surface area contributed by atoms with Gasteiger partial charge in [-0.25, -0.2) is 9.97 Å². The van der Waals surface area contributed by atoms with Crippen molar-refractivity contribution in [1.82, 2.24) is 14.4 Å². The molecule has 0 atom stereocenters. The molecule has 196 valence electrons. The van der Waals surface area contributed by atoms with Crippen molar-refractivity contribution >= 4 is 59.1 Å². The number of thiophene rings is 1. The Bertz CT molecular complexity index is 2480. The third-order valence-electron chi connectivity index (χ3n) is 8.20. The fraction of sp³-hybridized carbons (Fsp3) is 0. The number of benzene rings is 5. The molecule has 0 amide bonds. The minimum atomic E-state index is 0.878. The van der Waals surface area contributed by atoms with Crippen molar-refractivity contribution < 1.29 is 0 Å². The second-order valence-corrected chi connectivity index (χ2v) is 11.8. The van der Waals surface area contributed by atoms with Gasteiger partial charge in [-0.1, -0.05) is 91.0 Å². The summed E-state index contributed by atoms with van der Waals surface area (Å²) in [5, 5.41) is 4.87. The van der Waals surface area contributed by atoms with E-state index in [4.69, 9.17) is 9.97 Å². The lowest BCUT2D eigenvalue weighted by Crippen LogP contribution is -1.92. The Kier molecular flexibility index (Phi) is 5.07. The number of hydrogen-bond donors (Lipinski definition) is 0. The summed E-state index contributed by atoms with van der Waals surface area (Å²) in [6.07, 6.45) is 2.04. The summed E-state index contributed by atoms with van der Waals surface area (Å²) in [5.41, 5.74) is 9.57. The molecule has 9 aromatic rings. The maximum atomic E-state index is 5.21. The van der Waals surface area contributed by atoms with E-state index in [2.05, 4.69) is 120 Å². The molecule has 4 heterocycles. The average molecular weight is 554 g/mol. The van der Waals surface area contributed by atoms with Gasteiger partial charge in [0.15, 0.2) is 5.65 Å². The van der Waals surface area contributed by atoms with Gasteiger partial charge < -0.3 is 0 Å². The Morgan fingerprint density at radius 3 is 1.93 bits per heavy atom. The molecule has 0 unspecified atom stereocenters. The minimum absolute atomic E-state index is 0.878. The van der Waals surface area contributed by atoms with E-state index in [0.717, 1.165) is 38.8 Å². The molecular formula is C38H23N3S. The van der Waals surface area contributed by atoms with Crippen LogP contribution in [0, 0.1) is 0 Å². The number of nitrogens with zero attached hydrogens (tertiary/aromatic N) is 3. The zero-order valence-electron chi connectivity index (χ0n) is 22.5. The quantitative estimate of drug-likeness (QED) is 0.218. The minimum Gasteiger partial charge on any atom is -0.284 e. The number of imidazole rings is 1. The average Bonchev–Trinajstić information content (AvgIpc) is 3.63. The molecule has 42 heavy (non-hydrogen) atoms. The first kappa shape index (κ1) is 23.4. The van der Waals surface area contributed by atoms with E-state index in [-0.39, 0.29) is 0 Å². The number of aromatic nitrogens is 3. The summed E-state index contributed by atoms with van der Waals surface area (Å²) in [6, 6.07) is 47.6. The van der Waals surface area contributed by atoms with Gasteiger partial charge >= 0.3 is 0 Å². The maximum absolute atomic E-state index is 5.21. The van der Waals surface area contributed by atoms with Crippen LogP contribution >= 0.6 is 11.3 Å². The first-order valence-corrected chi connectivity index (χ1v) is 14.9. The monoisotopic (exact) mass is 553 g/mol. The van der Waals surface area contributed by atoms with Crippen molar-refractivity contribution in [2.24, 2.45) is 0 Å². The van der Waals surface area contributed by atoms with Crippen molar-refractivity contribution in [3.05, 3.63) is 140 Å². The summed E-state index contributed by atoms with van der Waals surface area (Å²) in [4.78, 5) is 10.1. The van der Waals surface area contributed by atoms with Gasteiger partial charge in [0.05, 0.1) is 5.69 Å². The van der Waals surface area contributed by atoms with Gasteiger partial charge in [-0.2, -0.15) is 0 Å². The molecule has 0 bridgehead atoms. The molecule has 0 aliphatic heterocycles. The van der Waals surface area contributed by atoms with Gasteiger partial charge in [0, 0.05) is 42.7 Å². The van der Waals surface area contributed by atoms with Gasteiger partial charge in [0.25, 0.3) is 0 Å². The van der Waals surface area contributed by atoms with E-state index in [1.165, 1.54) is 42.4 Å². The SMILES string of the molecule is c1cc(-c2cccc(-c3nc4c(nc5ccccn54)c4ccccc34)c2)cc(-c2ccc3sc4ccccc4c3c2)c1. The lowest BCUT2D eigenvalue weighted by molar-refractivity contribution is 1.19. The van der Waals surface area contributed by atoms with Crippen LogP contribution < -0.4 is 0 Å². The van der Waals surface area contributed by atoms with E-state index in [9.17, 15) is 0 Å². The molecule has 4 aromatic heterocycles. The maximum Gasteiger partial charge on any atom is 0.165 e. The van der Waals surface area contributed by atoms with Gasteiger partial charge in [0.2, 0.25) is 0 Å². The molecule has 0 saturated carbocycles. The highest BCUT2D eigenvalue weighted by Gasteiger charge is 2.15. The van der Waals surface area contributed by atoms with Crippen LogP contribution in [0.3, 0.4) is 0 Å². The number of rotatable bonds is 3. The van der Waals surface area contributed by atoms with Crippen LogP contribution in [0.4, 0.5) is 0 Å². The van der Waals surface area contributed by atoms with E-state index < -0.39 is 0 Å². The Morgan fingerprint density at radius 2 is 1.10 bits per heavy atom. The van der Waals surface area contributed by atoms with Gasteiger partial charge in [0.1, 0.15) is 11.2 Å². The van der Waals surface area contributed by atoms with Crippen LogP contribution in [-0.4, -0.2) is 14.4 Å². The number of pyridine rings is 2. The highest BCUT2D eigenvalue weighted by molar-refractivity contribution is 7.25. The second kappa shape index (κ2) is 9.10. The van der Waals surface area contributed by atoms with Crippen LogP contribution in [0.15, 0.2) is 140 Å². The van der Waals surface area contributed by atoms with Crippen molar-refractivity contribution in [3.63, 3.8) is 0 Å². The molecule has 0 radical (unpaired) electrons. The predicted molar refractivity (Wildman–Crippen MR) is 177 cm³/mol. The van der Waals surface area contributed by atoms with E-state index >= 15 is 0 Å². The van der Waals surface area contributed by atoms with E-state index in [1.54, 1.807) is 0 Å². The molecule has 4 heteroatoms. The van der Waals surface area contributed by atoms with Crippen molar-refractivity contribution in [1.29, 1.82) is 0 Å². The topological polar surface area (TPSA) is 30.2 Å². The lowest BCUT2D eigenvalue weighted by Gasteiger charge is -2.11. The molecule has 3 nitrogen and oxygen atoms in total. The Balaban J connectivity index is 1.18. The molecule has 0 fully saturated rings. The van der Waals surface area contributed by atoms with Crippen molar-refractivity contribution in [2.45, 2.75) is 0 Å². The summed E-state index contributed by atoms with van der Waals surface area (Å²) >= 11 is 1.86. The Hall–Kier alpha value is -5.32. The fourth-order valence-corrected chi connectivity index (χ4v) is 7.27. The second-order valence-electron chi connectivity index (χ2n) is 10.7. The number of fused-ring (bicyclic) bond motifs is 8. The zero-order valence-corrected chi connectivity index (χ0v) is 23.3. The summed E-state index contributed by atoms with van der Waals surface area (Å²) < 4.78 is 4.73. The highest BCUT2D eigenvalue weighted by atomic mass is 32.1. The molecule has 0 N–H and O–H groups in total. The third-order valence-corrected chi connectivity index (χ3v) is 9.35. The lowest BCUT2D eigenvalue weighted by atomic mass is 9.95. The first-order chi connectivity index (χ1) is 20.8. The Morgan fingerprint density at radius 1 is 0.452 bits per heavy atom. The van der Waals surface area contributed by atoms with E-state index in [0.29, 0.717) is 0 Å². The molecule has 0 aliphatic carbocycles. The first-order valence-electron chi connectivity index (χ1n) is 14.1. The van der Waals surface area contributed by atoms with Crippen LogP contribution in [0.5, 0.6) is 0 Å². The highest BCUT2D eigenvalue weighted by Crippen LogP contribution is 2.38. The standard InChI is InChI=1S/C38H23N3S/c1-2-15-31-30(14-1)36(40-38-37(31)39-35-17-5-6-20-41(35)38)28-12-8-11-26(22-28)24-9-7-10-25(21-24)27-18-19-34-32(23-27)29-13-3-4-16-33(29)42-34/h1-23H. The zero-order chi connectivity index (χ0) is 27.6. The van der Waals surface area contributed by atoms with Crippen LogP contribution in [0.1, 0.15) is 0 Å². The molecule has 0 spiro atoms. The molecular weight excluding hydrogens is 531 g/mol. The predicted octanol–water partition coefficient (Wildman–Crippen LogP) is 10.4. The summed E-state index contributed by atoms with van der Waals surface area (Å²) in [5.74, 6) is 0. The molecule has 0 saturated heterocycles. The summed E-state index contributed by atoms with van der Waals surface area (Å²) in [7, 11) is 0. The normalized spacial score (nSPS) is 11.8. The largest absolute Gasteiger partial charge is 0.284 e. The summed E-state index contributed by atoms with van der Waals surface area (Å²) in [6.45, 7) is 0. The fourth-order valence-electron chi connectivity index (χ4n) is 6.18. The van der Waals surface area contributed by atoms with Crippen LogP contribution in [0.2, 0.25) is 0 Å². The van der Waals surface area contributed by atoms with E-state index in [1.807, 2.05) is 35.7 Å². The Labute approximate surface area is 246 Å². The number of hydrogen-bond acceptors (Lipinski definition) is 3. The van der Waals surface area contributed by atoms with Gasteiger partial charge in [-0.05, 0) is 64.7 Å². The van der Waals surface area contributed by atoms with Crippen LogP contribution in [0.25, 0.3) is 81.3 Å².